The third kappa shape index (κ3) is 8.43. The van der Waals surface area contributed by atoms with Crippen LogP contribution in [0.5, 0.6) is 0 Å². The van der Waals surface area contributed by atoms with E-state index in [2.05, 4.69) is 53.6 Å². The fourth-order valence-electron chi connectivity index (χ4n) is 3.74. The molecule has 0 saturated carbocycles. The van der Waals surface area contributed by atoms with Crippen LogP contribution in [0.3, 0.4) is 0 Å². The van der Waals surface area contributed by atoms with Crippen LogP contribution >= 0.6 is 35.6 Å². The first-order valence-corrected chi connectivity index (χ1v) is 10.4. The van der Waals surface area contributed by atoms with Crippen molar-refractivity contribution in [3.8, 4) is 0 Å². The molecule has 1 aliphatic rings. The van der Waals surface area contributed by atoms with E-state index in [4.69, 9.17) is 16.3 Å². The standard InChI is InChI=1S/C21H35ClN4O.HI/c1-16(2)27-13-7-11-24-21(23-3)25-15-18-9-6-12-26(4)20(18)17-8-5-10-19(22)14-17;/h5,8,10,14,16,18,20H,6-7,9,11-13,15H2,1-4H3,(H2,23,24,25);1H. The Balaban J connectivity index is 0.00000392. The molecule has 1 fully saturated rings. The number of rotatable bonds is 8. The van der Waals surface area contributed by atoms with Crippen LogP contribution < -0.4 is 10.6 Å². The second-order valence-corrected chi connectivity index (χ2v) is 7.97. The number of piperidine rings is 1. The van der Waals surface area contributed by atoms with E-state index in [9.17, 15) is 0 Å². The van der Waals surface area contributed by atoms with Gasteiger partial charge in [-0.1, -0.05) is 23.7 Å². The zero-order valence-electron chi connectivity index (χ0n) is 17.6. The fourth-order valence-corrected chi connectivity index (χ4v) is 3.94. The van der Waals surface area contributed by atoms with Gasteiger partial charge < -0.3 is 15.4 Å². The lowest BCUT2D eigenvalue weighted by Crippen LogP contribution is -2.45. The highest BCUT2D eigenvalue weighted by Gasteiger charge is 2.30. The smallest absolute Gasteiger partial charge is 0.190 e. The Morgan fingerprint density at radius 2 is 2.14 bits per heavy atom. The van der Waals surface area contributed by atoms with Gasteiger partial charge in [-0.05, 0) is 70.3 Å². The van der Waals surface area contributed by atoms with Crippen molar-refractivity contribution in [1.29, 1.82) is 0 Å². The minimum Gasteiger partial charge on any atom is -0.379 e. The van der Waals surface area contributed by atoms with Crippen LogP contribution in [0, 0.1) is 5.92 Å². The van der Waals surface area contributed by atoms with Gasteiger partial charge in [0.05, 0.1) is 6.10 Å². The van der Waals surface area contributed by atoms with Gasteiger partial charge in [-0.25, -0.2) is 0 Å². The average molecular weight is 523 g/mol. The maximum Gasteiger partial charge on any atom is 0.190 e. The molecule has 1 heterocycles. The number of nitrogens with one attached hydrogen (secondary N) is 2. The molecule has 0 spiro atoms. The fraction of sp³-hybridized carbons (Fsp3) is 0.667. The van der Waals surface area contributed by atoms with Crippen molar-refractivity contribution >= 4 is 41.5 Å². The van der Waals surface area contributed by atoms with Crippen molar-refractivity contribution in [2.75, 3.05) is 40.3 Å². The van der Waals surface area contributed by atoms with Crippen LogP contribution in [0.15, 0.2) is 29.3 Å². The first-order chi connectivity index (χ1) is 13.0. The highest BCUT2D eigenvalue weighted by Crippen LogP contribution is 2.35. The Hall–Kier alpha value is -0.570. The van der Waals surface area contributed by atoms with E-state index in [0.717, 1.165) is 43.6 Å². The summed E-state index contributed by atoms with van der Waals surface area (Å²) in [4.78, 5) is 6.80. The Bertz CT molecular complexity index is 600. The van der Waals surface area contributed by atoms with E-state index in [-0.39, 0.29) is 30.1 Å². The van der Waals surface area contributed by atoms with Gasteiger partial charge in [0.2, 0.25) is 0 Å². The summed E-state index contributed by atoms with van der Waals surface area (Å²) in [6.45, 7) is 7.76. The highest BCUT2D eigenvalue weighted by molar-refractivity contribution is 14.0. The van der Waals surface area contributed by atoms with E-state index in [0.29, 0.717) is 12.0 Å². The molecular weight excluding hydrogens is 487 g/mol. The average Bonchev–Trinajstić information content (AvgIpc) is 2.63. The summed E-state index contributed by atoms with van der Waals surface area (Å²) in [5.74, 6) is 1.38. The van der Waals surface area contributed by atoms with Crippen LogP contribution in [-0.2, 0) is 4.74 Å². The molecule has 0 amide bonds. The summed E-state index contributed by atoms with van der Waals surface area (Å²) in [5.41, 5.74) is 1.30. The maximum absolute atomic E-state index is 6.24. The van der Waals surface area contributed by atoms with Gasteiger partial charge in [0.25, 0.3) is 0 Å². The quantitative estimate of drug-likeness (QED) is 0.231. The van der Waals surface area contributed by atoms with Crippen molar-refractivity contribution in [2.24, 2.45) is 10.9 Å². The molecule has 2 N–H and O–H groups in total. The lowest BCUT2D eigenvalue weighted by Gasteiger charge is -2.40. The third-order valence-corrected chi connectivity index (χ3v) is 5.25. The van der Waals surface area contributed by atoms with E-state index in [1.165, 1.54) is 18.4 Å². The van der Waals surface area contributed by atoms with Gasteiger partial charge in [0.15, 0.2) is 5.96 Å². The number of nitrogens with zero attached hydrogens (tertiary/aromatic N) is 2. The zero-order valence-corrected chi connectivity index (χ0v) is 20.7. The van der Waals surface area contributed by atoms with E-state index < -0.39 is 0 Å². The van der Waals surface area contributed by atoms with Crippen LogP contribution in [0.25, 0.3) is 0 Å². The summed E-state index contributed by atoms with van der Waals surface area (Å²) < 4.78 is 5.58. The Kier molecular flexibility index (Phi) is 12.4. The summed E-state index contributed by atoms with van der Waals surface area (Å²) in [6, 6.07) is 8.65. The molecule has 2 atom stereocenters. The molecule has 1 aromatic carbocycles. The number of benzene rings is 1. The lowest BCUT2D eigenvalue weighted by molar-refractivity contribution is 0.0776. The topological polar surface area (TPSA) is 48.9 Å². The number of ether oxygens (including phenoxy) is 1. The monoisotopic (exact) mass is 522 g/mol. The number of guanidine groups is 1. The first-order valence-electron chi connectivity index (χ1n) is 10.0. The first kappa shape index (κ1) is 25.5. The minimum atomic E-state index is 0. The molecule has 1 aromatic rings. The molecule has 5 nitrogen and oxygen atoms in total. The van der Waals surface area contributed by atoms with Crippen LogP contribution in [0.1, 0.15) is 44.7 Å². The van der Waals surface area contributed by atoms with Crippen LogP contribution in [-0.4, -0.2) is 57.3 Å². The Morgan fingerprint density at radius 3 is 2.82 bits per heavy atom. The number of halogens is 2. The molecule has 28 heavy (non-hydrogen) atoms. The van der Waals surface area contributed by atoms with Gasteiger partial charge in [0.1, 0.15) is 0 Å². The maximum atomic E-state index is 6.24. The molecule has 0 radical (unpaired) electrons. The highest BCUT2D eigenvalue weighted by atomic mass is 127. The van der Waals surface area contributed by atoms with Crippen molar-refractivity contribution in [3.05, 3.63) is 34.9 Å². The Morgan fingerprint density at radius 1 is 1.36 bits per heavy atom. The predicted octanol–water partition coefficient (Wildman–Crippen LogP) is 4.32. The number of aliphatic imine (C=N–C) groups is 1. The summed E-state index contributed by atoms with van der Waals surface area (Å²) in [7, 11) is 4.03. The summed E-state index contributed by atoms with van der Waals surface area (Å²) in [6.07, 6.45) is 3.68. The summed E-state index contributed by atoms with van der Waals surface area (Å²) in [5, 5.41) is 7.70. The van der Waals surface area contributed by atoms with E-state index in [1.54, 1.807) is 0 Å². The predicted molar refractivity (Wildman–Crippen MR) is 130 cm³/mol. The minimum absolute atomic E-state index is 0. The largest absolute Gasteiger partial charge is 0.379 e. The van der Waals surface area contributed by atoms with E-state index in [1.807, 2.05) is 19.2 Å². The third-order valence-electron chi connectivity index (χ3n) is 5.02. The van der Waals surface area contributed by atoms with Crippen molar-refractivity contribution in [3.63, 3.8) is 0 Å². The SMILES string of the molecule is CN=C(NCCCOC(C)C)NCC1CCCN(C)C1c1cccc(Cl)c1.I. The van der Waals surface area contributed by atoms with Crippen LogP contribution in [0.2, 0.25) is 5.02 Å². The number of hydrogen-bond donors (Lipinski definition) is 2. The van der Waals surface area contributed by atoms with Crippen molar-refractivity contribution in [2.45, 2.75) is 45.3 Å². The second kappa shape index (κ2) is 13.6. The molecule has 0 bridgehead atoms. The molecule has 0 aliphatic carbocycles. The summed E-state index contributed by atoms with van der Waals surface area (Å²) >= 11 is 6.24. The number of likely N-dealkylation sites (tertiary alicyclic amines) is 1. The van der Waals surface area contributed by atoms with Gasteiger partial charge in [-0.15, -0.1) is 24.0 Å². The van der Waals surface area contributed by atoms with E-state index >= 15 is 0 Å². The van der Waals surface area contributed by atoms with Gasteiger partial charge >= 0.3 is 0 Å². The van der Waals surface area contributed by atoms with Crippen molar-refractivity contribution in [1.82, 2.24) is 15.5 Å². The molecule has 1 saturated heterocycles. The Labute approximate surface area is 192 Å². The molecule has 160 valence electrons. The molecule has 2 rings (SSSR count). The number of hydrogen-bond acceptors (Lipinski definition) is 3. The second-order valence-electron chi connectivity index (χ2n) is 7.54. The molecule has 1 aliphatic heterocycles. The molecule has 2 unspecified atom stereocenters. The lowest BCUT2D eigenvalue weighted by atomic mass is 9.85. The molecular formula is C21H36ClIN4O. The normalized spacial score (nSPS) is 20.7. The molecule has 0 aromatic heterocycles. The van der Waals surface area contributed by atoms with Gasteiger partial charge in [-0.2, -0.15) is 0 Å². The zero-order chi connectivity index (χ0) is 19.6. The van der Waals surface area contributed by atoms with Gasteiger partial charge in [0, 0.05) is 37.8 Å². The van der Waals surface area contributed by atoms with Gasteiger partial charge in [-0.3, -0.25) is 9.89 Å². The van der Waals surface area contributed by atoms with Crippen LogP contribution in [0.4, 0.5) is 0 Å². The molecule has 7 heteroatoms. The van der Waals surface area contributed by atoms with Crippen molar-refractivity contribution < 1.29 is 4.74 Å².